The first-order chi connectivity index (χ1) is 11.6. The summed E-state index contributed by atoms with van der Waals surface area (Å²) in [6.07, 6.45) is 7.05. The van der Waals surface area contributed by atoms with E-state index >= 15 is 0 Å². The first-order valence-corrected chi connectivity index (χ1v) is 8.27. The third-order valence-electron chi connectivity index (χ3n) is 4.63. The molecule has 0 aliphatic heterocycles. The van der Waals surface area contributed by atoms with Gasteiger partial charge in [0.1, 0.15) is 11.2 Å². The largest absolute Gasteiger partial charge is 0.323 e. The van der Waals surface area contributed by atoms with Crippen LogP contribution in [0.4, 0.5) is 0 Å². The molecule has 124 valence electrons. The molecule has 0 N–H and O–H groups in total. The van der Waals surface area contributed by atoms with Crippen LogP contribution < -0.4 is 0 Å². The fraction of sp³-hybridized carbons (Fsp3) is 0.333. The van der Waals surface area contributed by atoms with Gasteiger partial charge in [0.25, 0.3) is 5.91 Å². The van der Waals surface area contributed by atoms with Gasteiger partial charge < -0.3 is 4.90 Å². The topological polar surface area (TPSA) is 63.2 Å². The van der Waals surface area contributed by atoms with Crippen molar-refractivity contribution in [1.29, 1.82) is 0 Å². The highest BCUT2D eigenvalue weighted by molar-refractivity contribution is 6.31. The zero-order valence-electron chi connectivity index (χ0n) is 13.4. The van der Waals surface area contributed by atoms with Crippen molar-refractivity contribution in [1.82, 2.24) is 14.9 Å². The van der Waals surface area contributed by atoms with Gasteiger partial charge in [-0.2, -0.15) is 0 Å². The van der Waals surface area contributed by atoms with E-state index in [1.54, 1.807) is 13.1 Å². The number of ketones is 1. The van der Waals surface area contributed by atoms with Gasteiger partial charge in [0.15, 0.2) is 5.78 Å². The Labute approximate surface area is 145 Å². The Kier molecular flexibility index (Phi) is 4.62. The van der Waals surface area contributed by atoms with E-state index < -0.39 is 5.54 Å². The summed E-state index contributed by atoms with van der Waals surface area (Å²) >= 11 is 6.39. The Morgan fingerprint density at radius 2 is 2.04 bits per heavy atom. The Morgan fingerprint density at radius 1 is 1.25 bits per heavy atom. The first kappa shape index (κ1) is 16.6. The van der Waals surface area contributed by atoms with E-state index in [0.29, 0.717) is 23.4 Å². The van der Waals surface area contributed by atoms with Gasteiger partial charge in [-0.25, -0.2) is 4.98 Å². The van der Waals surface area contributed by atoms with E-state index in [1.165, 1.54) is 23.5 Å². The van der Waals surface area contributed by atoms with Gasteiger partial charge in [0, 0.05) is 36.4 Å². The predicted molar refractivity (Wildman–Crippen MR) is 90.7 cm³/mol. The quantitative estimate of drug-likeness (QED) is 0.858. The highest BCUT2D eigenvalue weighted by Crippen LogP contribution is 2.42. The molecule has 1 unspecified atom stereocenters. The van der Waals surface area contributed by atoms with Crippen molar-refractivity contribution in [3.05, 3.63) is 59.1 Å². The minimum Gasteiger partial charge on any atom is -0.323 e. The summed E-state index contributed by atoms with van der Waals surface area (Å²) in [6, 6.07) is 7.23. The standard InChI is InChI=1S/C18H18ClN3O2/c1-22(17(24)15-12-20-10-11-21-15)18(9-5-4-8-16(18)23)13-6-2-3-7-14(13)19/h2-3,6-7,10-12H,4-5,8-9H2,1H3. The predicted octanol–water partition coefficient (Wildman–Crippen LogP) is 3.24. The van der Waals surface area contributed by atoms with Gasteiger partial charge >= 0.3 is 0 Å². The molecule has 0 saturated heterocycles. The van der Waals surface area contributed by atoms with E-state index in [2.05, 4.69) is 9.97 Å². The van der Waals surface area contributed by atoms with Crippen molar-refractivity contribution in [2.45, 2.75) is 31.2 Å². The molecule has 3 rings (SSSR count). The van der Waals surface area contributed by atoms with Crippen molar-refractivity contribution < 1.29 is 9.59 Å². The fourth-order valence-corrected chi connectivity index (χ4v) is 3.68. The number of rotatable bonds is 3. The van der Waals surface area contributed by atoms with E-state index in [1.807, 2.05) is 18.2 Å². The molecule has 1 amide bonds. The van der Waals surface area contributed by atoms with E-state index in [9.17, 15) is 9.59 Å². The lowest BCUT2D eigenvalue weighted by Crippen LogP contribution is -2.54. The molecule has 1 heterocycles. The molecule has 1 saturated carbocycles. The molecular weight excluding hydrogens is 326 g/mol. The third kappa shape index (κ3) is 2.69. The summed E-state index contributed by atoms with van der Waals surface area (Å²) < 4.78 is 0. The molecule has 1 aromatic carbocycles. The maximum absolute atomic E-state index is 13.0. The lowest BCUT2D eigenvalue weighted by Gasteiger charge is -2.43. The molecule has 5 nitrogen and oxygen atoms in total. The summed E-state index contributed by atoms with van der Waals surface area (Å²) in [4.78, 5) is 35.4. The zero-order valence-corrected chi connectivity index (χ0v) is 14.2. The lowest BCUT2D eigenvalue weighted by molar-refractivity contribution is -0.132. The number of hydrogen-bond donors (Lipinski definition) is 0. The van der Waals surface area contributed by atoms with Gasteiger partial charge in [-0.3, -0.25) is 14.6 Å². The highest BCUT2D eigenvalue weighted by atomic mass is 35.5. The maximum atomic E-state index is 13.0. The van der Waals surface area contributed by atoms with Crippen molar-refractivity contribution in [3.8, 4) is 0 Å². The molecule has 1 aliphatic rings. The molecule has 6 heteroatoms. The van der Waals surface area contributed by atoms with Crippen LogP contribution in [0.3, 0.4) is 0 Å². The van der Waals surface area contributed by atoms with Crippen LogP contribution in [0.25, 0.3) is 0 Å². The summed E-state index contributed by atoms with van der Waals surface area (Å²) in [7, 11) is 1.64. The SMILES string of the molecule is CN(C(=O)c1cnccn1)C1(c2ccccc2Cl)CCCCC1=O. The summed E-state index contributed by atoms with van der Waals surface area (Å²) in [5.41, 5.74) is -0.161. The average Bonchev–Trinajstić information content (AvgIpc) is 2.62. The number of nitrogens with zero attached hydrogens (tertiary/aromatic N) is 3. The Hall–Kier alpha value is -2.27. The first-order valence-electron chi connectivity index (χ1n) is 7.90. The number of carbonyl (C=O) groups excluding carboxylic acids is 2. The number of hydrogen-bond acceptors (Lipinski definition) is 4. The number of benzene rings is 1. The maximum Gasteiger partial charge on any atom is 0.274 e. The van der Waals surface area contributed by atoms with Crippen LogP contribution in [0.2, 0.25) is 5.02 Å². The van der Waals surface area contributed by atoms with Gasteiger partial charge in [-0.1, -0.05) is 29.8 Å². The molecule has 1 aliphatic carbocycles. The smallest absolute Gasteiger partial charge is 0.274 e. The number of Topliss-reactive ketones (excluding diaryl/α,β-unsaturated/α-hetero) is 1. The van der Waals surface area contributed by atoms with Crippen LogP contribution in [0.1, 0.15) is 41.7 Å². The molecule has 0 spiro atoms. The summed E-state index contributed by atoms with van der Waals surface area (Å²) in [5.74, 6) is -0.320. The van der Waals surface area contributed by atoms with Crippen LogP contribution >= 0.6 is 11.6 Å². The Bertz CT molecular complexity index is 766. The van der Waals surface area contributed by atoms with Crippen LogP contribution in [-0.4, -0.2) is 33.6 Å². The van der Waals surface area contributed by atoms with E-state index in [4.69, 9.17) is 11.6 Å². The number of likely N-dealkylation sites (N-methyl/N-ethyl adjacent to an activating group) is 1. The average molecular weight is 344 g/mol. The molecule has 0 bridgehead atoms. The van der Waals surface area contributed by atoms with Gasteiger partial charge in [0.05, 0.1) is 6.20 Å². The van der Waals surface area contributed by atoms with Crippen molar-refractivity contribution >= 4 is 23.3 Å². The van der Waals surface area contributed by atoms with Crippen LogP contribution in [0.5, 0.6) is 0 Å². The van der Waals surface area contributed by atoms with E-state index in [-0.39, 0.29) is 17.4 Å². The highest BCUT2D eigenvalue weighted by Gasteiger charge is 2.48. The number of aromatic nitrogens is 2. The Balaban J connectivity index is 2.10. The lowest BCUT2D eigenvalue weighted by atomic mass is 9.74. The number of carbonyl (C=O) groups is 2. The second-order valence-corrected chi connectivity index (χ2v) is 6.33. The Morgan fingerprint density at radius 3 is 2.71 bits per heavy atom. The molecule has 1 aromatic heterocycles. The van der Waals surface area contributed by atoms with Gasteiger partial charge in [0.2, 0.25) is 0 Å². The monoisotopic (exact) mass is 343 g/mol. The second-order valence-electron chi connectivity index (χ2n) is 5.93. The van der Waals surface area contributed by atoms with Gasteiger partial charge in [-0.05, 0) is 25.3 Å². The molecule has 1 atom stereocenters. The van der Waals surface area contributed by atoms with Crippen molar-refractivity contribution in [2.75, 3.05) is 7.05 Å². The van der Waals surface area contributed by atoms with Crippen LogP contribution in [0, 0.1) is 0 Å². The van der Waals surface area contributed by atoms with E-state index in [0.717, 1.165) is 12.8 Å². The molecule has 2 aromatic rings. The summed E-state index contributed by atoms with van der Waals surface area (Å²) in [5, 5.41) is 0.492. The zero-order chi connectivity index (χ0) is 17.2. The van der Waals surface area contributed by atoms with Crippen molar-refractivity contribution in [3.63, 3.8) is 0 Å². The second kappa shape index (κ2) is 6.69. The third-order valence-corrected chi connectivity index (χ3v) is 4.96. The number of amides is 1. The molecular formula is C18H18ClN3O2. The molecule has 0 radical (unpaired) electrons. The van der Waals surface area contributed by atoms with Gasteiger partial charge in [-0.15, -0.1) is 0 Å². The summed E-state index contributed by atoms with van der Waals surface area (Å²) in [6.45, 7) is 0. The minimum atomic E-state index is -1.05. The molecule has 1 fully saturated rings. The van der Waals surface area contributed by atoms with Crippen LogP contribution in [-0.2, 0) is 10.3 Å². The van der Waals surface area contributed by atoms with Crippen molar-refractivity contribution in [2.24, 2.45) is 0 Å². The molecule has 24 heavy (non-hydrogen) atoms. The van der Waals surface area contributed by atoms with Crippen LogP contribution in [0.15, 0.2) is 42.9 Å². The number of halogens is 1. The normalized spacial score (nSPS) is 20.7. The minimum absolute atomic E-state index is 0.0154. The fourth-order valence-electron chi connectivity index (χ4n) is 3.38.